The van der Waals surface area contributed by atoms with Crippen molar-refractivity contribution < 1.29 is 14.3 Å². The van der Waals surface area contributed by atoms with E-state index in [1.54, 1.807) is 30.5 Å². The molecule has 2 aromatic rings. The van der Waals surface area contributed by atoms with Gasteiger partial charge in [0.15, 0.2) is 10.9 Å². The molecule has 6 heteroatoms. The Hall–Kier alpha value is -2.21. The lowest BCUT2D eigenvalue weighted by molar-refractivity contribution is -0.116. The second kappa shape index (κ2) is 7.54. The highest BCUT2D eigenvalue weighted by Gasteiger charge is 2.04. The lowest BCUT2D eigenvalue weighted by Crippen LogP contribution is -2.12. The van der Waals surface area contributed by atoms with Crippen molar-refractivity contribution >= 4 is 28.2 Å². The average molecular weight is 304 g/mol. The number of Topliss-reactive ketones (excluding diaryl/α,β-unsaturated/α-hetero) is 1. The number of nitrogens with one attached hydrogen (secondary N) is 1. The van der Waals surface area contributed by atoms with Crippen LogP contribution in [0.15, 0.2) is 35.8 Å². The van der Waals surface area contributed by atoms with Gasteiger partial charge in [-0.25, -0.2) is 4.98 Å². The van der Waals surface area contributed by atoms with E-state index in [1.807, 2.05) is 5.38 Å². The molecule has 0 unspecified atom stereocenters. The number of rotatable bonds is 7. The van der Waals surface area contributed by atoms with Crippen LogP contribution in [0.1, 0.15) is 30.1 Å². The minimum Gasteiger partial charge on any atom is -0.494 e. The van der Waals surface area contributed by atoms with Crippen LogP contribution in [0.5, 0.6) is 5.75 Å². The van der Waals surface area contributed by atoms with Gasteiger partial charge in [0.05, 0.1) is 6.61 Å². The largest absolute Gasteiger partial charge is 0.494 e. The summed E-state index contributed by atoms with van der Waals surface area (Å²) in [4.78, 5) is 26.7. The Morgan fingerprint density at radius 1 is 1.29 bits per heavy atom. The van der Waals surface area contributed by atoms with Crippen LogP contribution in [0.4, 0.5) is 5.13 Å². The highest BCUT2D eigenvalue weighted by Crippen LogP contribution is 2.14. The normalized spacial score (nSPS) is 10.1. The van der Waals surface area contributed by atoms with Gasteiger partial charge in [-0.3, -0.25) is 9.59 Å². The summed E-state index contributed by atoms with van der Waals surface area (Å²) in [6.07, 6.45) is 2.64. The summed E-state index contributed by atoms with van der Waals surface area (Å²) in [5.74, 6) is 0.654. The molecular formula is C15H16N2O3S. The molecule has 5 nitrogen and oxygen atoms in total. The van der Waals surface area contributed by atoms with Gasteiger partial charge in [-0.15, -0.1) is 11.3 Å². The van der Waals surface area contributed by atoms with Gasteiger partial charge in [0.1, 0.15) is 5.75 Å². The molecule has 21 heavy (non-hydrogen) atoms. The Balaban J connectivity index is 1.67. The highest BCUT2D eigenvalue weighted by molar-refractivity contribution is 7.13. The highest BCUT2D eigenvalue weighted by atomic mass is 32.1. The number of amides is 1. The van der Waals surface area contributed by atoms with Crippen LogP contribution in [-0.2, 0) is 4.79 Å². The monoisotopic (exact) mass is 304 g/mol. The van der Waals surface area contributed by atoms with E-state index in [9.17, 15) is 9.59 Å². The average Bonchev–Trinajstić information content (AvgIpc) is 2.97. The Morgan fingerprint density at radius 3 is 2.67 bits per heavy atom. The molecule has 0 bridgehead atoms. The molecule has 0 saturated carbocycles. The predicted octanol–water partition coefficient (Wildman–Crippen LogP) is 3.14. The van der Waals surface area contributed by atoms with Crippen LogP contribution < -0.4 is 10.1 Å². The molecule has 1 amide bonds. The number of aromatic nitrogens is 1. The molecule has 2 rings (SSSR count). The van der Waals surface area contributed by atoms with Crippen LogP contribution in [0.2, 0.25) is 0 Å². The first-order chi connectivity index (χ1) is 10.1. The van der Waals surface area contributed by atoms with Crippen molar-refractivity contribution in [2.45, 2.75) is 19.8 Å². The van der Waals surface area contributed by atoms with Crippen molar-refractivity contribution in [1.82, 2.24) is 4.98 Å². The van der Waals surface area contributed by atoms with E-state index in [-0.39, 0.29) is 11.7 Å². The summed E-state index contributed by atoms with van der Waals surface area (Å²) >= 11 is 1.39. The lowest BCUT2D eigenvalue weighted by Gasteiger charge is -2.06. The van der Waals surface area contributed by atoms with Crippen molar-refractivity contribution in [1.29, 1.82) is 0 Å². The molecule has 0 radical (unpaired) electrons. The number of hydrogen-bond acceptors (Lipinski definition) is 5. The molecule has 1 aromatic carbocycles. The van der Waals surface area contributed by atoms with Gasteiger partial charge >= 0.3 is 0 Å². The zero-order valence-electron chi connectivity index (χ0n) is 11.7. The maximum atomic E-state index is 11.6. The molecule has 0 fully saturated rings. The van der Waals surface area contributed by atoms with E-state index in [0.29, 0.717) is 35.9 Å². The van der Waals surface area contributed by atoms with Gasteiger partial charge in [-0.2, -0.15) is 0 Å². The Labute approximate surface area is 127 Å². The molecule has 0 saturated heterocycles. The molecular weight excluding hydrogens is 288 g/mol. The number of anilines is 1. The fourth-order valence-corrected chi connectivity index (χ4v) is 2.22. The van der Waals surface area contributed by atoms with E-state index in [4.69, 9.17) is 4.74 Å². The van der Waals surface area contributed by atoms with Crippen LogP contribution in [0.3, 0.4) is 0 Å². The fourth-order valence-electron chi connectivity index (χ4n) is 1.68. The minimum atomic E-state index is -0.0690. The van der Waals surface area contributed by atoms with Crippen molar-refractivity contribution in [2.24, 2.45) is 0 Å². The van der Waals surface area contributed by atoms with Crippen LogP contribution in [0, 0.1) is 0 Å². The number of carbonyl (C=O) groups is 2. The van der Waals surface area contributed by atoms with Crippen LogP contribution in [-0.4, -0.2) is 23.3 Å². The third-order valence-corrected chi connectivity index (χ3v) is 3.44. The summed E-state index contributed by atoms with van der Waals surface area (Å²) in [7, 11) is 0. The zero-order valence-corrected chi connectivity index (χ0v) is 12.5. The standard InChI is InChI=1S/C15H16N2O3S/c1-11(18)12-4-6-13(7-5-12)20-9-2-3-14(19)17-15-16-8-10-21-15/h4-8,10H,2-3,9H2,1H3,(H,16,17,19). The van der Waals surface area contributed by atoms with Crippen LogP contribution in [0.25, 0.3) is 0 Å². The maximum Gasteiger partial charge on any atom is 0.226 e. The van der Waals surface area contributed by atoms with Crippen molar-refractivity contribution in [2.75, 3.05) is 11.9 Å². The molecule has 0 spiro atoms. The fraction of sp³-hybridized carbons (Fsp3) is 0.267. The molecule has 0 aliphatic rings. The SMILES string of the molecule is CC(=O)c1ccc(OCCCC(=O)Nc2nccs2)cc1. The molecule has 1 N–H and O–H groups in total. The smallest absolute Gasteiger partial charge is 0.226 e. The number of carbonyl (C=O) groups excluding carboxylic acids is 2. The third kappa shape index (κ3) is 5.00. The molecule has 110 valence electrons. The van der Waals surface area contributed by atoms with Crippen molar-refractivity contribution in [3.63, 3.8) is 0 Å². The number of nitrogens with zero attached hydrogens (tertiary/aromatic N) is 1. The molecule has 0 aliphatic carbocycles. The quantitative estimate of drug-likeness (QED) is 0.630. The Morgan fingerprint density at radius 2 is 2.05 bits per heavy atom. The van der Waals surface area contributed by atoms with E-state index >= 15 is 0 Å². The summed E-state index contributed by atoms with van der Waals surface area (Å²) in [6, 6.07) is 6.97. The van der Waals surface area contributed by atoms with E-state index in [0.717, 1.165) is 0 Å². The van der Waals surface area contributed by atoms with Gasteiger partial charge in [0.2, 0.25) is 5.91 Å². The number of benzene rings is 1. The van der Waals surface area contributed by atoms with Crippen molar-refractivity contribution in [3.05, 3.63) is 41.4 Å². The van der Waals surface area contributed by atoms with E-state index in [1.165, 1.54) is 18.3 Å². The molecule has 1 aromatic heterocycles. The lowest BCUT2D eigenvalue weighted by atomic mass is 10.1. The summed E-state index contributed by atoms with van der Waals surface area (Å²) in [5, 5.41) is 5.14. The Bertz CT molecular complexity index is 594. The van der Waals surface area contributed by atoms with Gasteiger partial charge in [0, 0.05) is 23.6 Å². The van der Waals surface area contributed by atoms with Gasteiger partial charge in [-0.05, 0) is 37.6 Å². The second-order valence-corrected chi connectivity index (χ2v) is 5.31. The molecule has 0 atom stereocenters. The van der Waals surface area contributed by atoms with Gasteiger partial charge < -0.3 is 10.1 Å². The van der Waals surface area contributed by atoms with Crippen LogP contribution >= 0.6 is 11.3 Å². The summed E-state index contributed by atoms with van der Waals surface area (Å²) in [6.45, 7) is 1.97. The molecule has 1 heterocycles. The minimum absolute atomic E-state index is 0.0282. The molecule has 0 aliphatic heterocycles. The van der Waals surface area contributed by atoms with E-state index < -0.39 is 0 Å². The second-order valence-electron chi connectivity index (χ2n) is 4.42. The zero-order chi connectivity index (χ0) is 15.1. The predicted molar refractivity (Wildman–Crippen MR) is 81.9 cm³/mol. The third-order valence-electron chi connectivity index (χ3n) is 2.76. The Kier molecular flexibility index (Phi) is 5.45. The topological polar surface area (TPSA) is 68.3 Å². The number of ketones is 1. The van der Waals surface area contributed by atoms with Crippen molar-refractivity contribution in [3.8, 4) is 5.75 Å². The van der Waals surface area contributed by atoms with E-state index in [2.05, 4.69) is 10.3 Å². The number of hydrogen-bond donors (Lipinski definition) is 1. The number of ether oxygens (including phenoxy) is 1. The maximum absolute atomic E-state index is 11.6. The first-order valence-electron chi connectivity index (χ1n) is 6.58. The summed E-state index contributed by atoms with van der Waals surface area (Å²) in [5.41, 5.74) is 0.658. The van der Waals surface area contributed by atoms with Gasteiger partial charge in [0.25, 0.3) is 0 Å². The summed E-state index contributed by atoms with van der Waals surface area (Å²) < 4.78 is 5.52. The number of thiazole rings is 1. The van der Waals surface area contributed by atoms with Gasteiger partial charge in [-0.1, -0.05) is 0 Å². The first-order valence-corrected chi connectivity index (χ1v) is 7.46. The first kappa shape index (κ1) is 15.2.